The number of anilines is 3. The summed E-state index contributed by atoms with van der Waals surface area (Å²) in [5.41, 5.74) is 2.95. The highest BCUT2D eigenvalue weighted by atomic mass is 32.2. The number of hydrogen-bond acceptors (Lipinski definition) is 4. The molecule has 1 heterocycles. The van der Waals surface area contributed by atoms with Gasteiger partial charge in [0.1, 0.15) is 0 Å². The molecule has 0 atom stereocenters. The summed E-state index contributed by atoms with van der Waals surface area (Å²) in [5, 5.41) is 2.80. The third kappa shape index (κ3) is 4.81. The summed E-state index contributed by atoms with van der Waals surface area (Å²) in [6.45, 7) is 2.58. The Hall–Kier alpha value is -3.65. The van der Waals surface area contributed by atoms with Crippen LogP contribution in [0.5, 0.6) is 0 Å². The van der Waals surface area contributed by atoms with Gasteiger partial charge in [-0.25, -0.2) is 8.42 Å². The minimum atomic E-state index is -3.76. The van der Waals surface area contributed by atoms with Gasteiger partial charge in [-0.2, -0.15) is 0 Å². The fraction of sp³-hybridized carbons (Fsp3) is 0.167. The van der Waals surface area contributed by atoms with Crippen molar-refractivity contribution in [3.63, 3.8) is 0 Å². The van der Waals surface area contributed by atoms with Crippen molar-refractivity contribution in [1.29, 1.82) is 0 Å². The van der Waals surface area contributed by atoms with Gasteiger partial charge in [-0.1, -0.05) is 23.8 Å². The second-order valence-electron chi connectivity index (χ2n) is 7.65. The first-order valence-electron chi connectivity index (χ1n) is 10.2. The summed E-state index contributed by atoms with van der Waals surface area (Å²) in [5.74, 6) is -0.266. The van der Waals surface area contributed by atoms with Crippen LogP contribution in [0, 0.1) is 6.92 Å². The largest absolute Gasteiger partial charge is 0.322 e. The SMILES string of the molecule is Cc1ccc(S(=O)(=O)Nc2cccc(C(=O)Nc3ccc(N4CCCC4=O)cc3)c2)cc1. The molecule has 1 aliphatic heterocycles. The molecule has 2 N–H and O–H groups in total. The Bertz CT molecular complexity index is 1250. The zero-order valence-electron chi connectivity index (χ0n) is 17.5. The van der Waals surface area contributed by atoms with E-state index in [4.69, 9.17) is 0 Å². The van der Waals surface area contributed by atoms with Gasteiger partial charge in [-0.3, -0.25) is 14.3 Å². The van der Waals surface area contributed by atoms with E-state index in [0.717, 1.165) is 17.7 Å². The third-order valence-electron chi connectivity index (χ3n) is 5.22. The van der Waals surface area contributed by atoms with Crippen LogP contribution in [0.15, 0.2) is 77.7 Å². The number of aryl methyl sites for hydroxylation is 1. The first kappa shape index (κ1) is 21.6. The lowest BCUT2D eigenvalue weighted by Crippen LogP contribution is -2.23. The van der Waals surface area contributed by atoms with Crippen molar-refractivity contribution >= 4 is 38.9 Å². The van der Waals surface area contributed by atoms with E-state index < -0.39 is 10.0 Å². The molecular weight excluding hydrogens is 426 g/mol. The maximum Gasteiger partial charge on any atom is 0.261 e. The van der Waals surface area contributed by atoms with Gasteiger partial charge in [0.05, 0.1) is 4.90 Å². The maximum atomic E-state index is 12.7. The molecule has 8 heteroatoms. The number of carbonyl (C=O) groups excluding carboxylic acids is 2. The fourth-order valence-electron chi connectivity index (χ4n) is 3.50. The van der Waals surface area contributed by atoms with Gasteiger partial charge in [0.2, 0.25) is 5.91 Å². The molecule has 0 aromatic heterocycles. The number of rotatable bonds is 6. The Morgan fingerprint density at radius 3 is 2.31 bits per heavy atom. The molecule has 1 saturated heterocycles. The van der Waals surface area contributed by atoms with E-state index in [-0.39, 0.29) is 16.7 Å². The van der Waals surface area contributed by atoms with Crippen molar-refractivity contribution < 1.29 is 18.0 Å². The number of sulfonamides is 1. The minimum absolute atomic E-state index is 0.103. The smallest absolute Gasteiger partial charge is 0.261 e. The Morgan fingerprint density at radius 2 is 1.66 bits per heavy atom. The molecule has 0 spiro atoms. The second-order valence-corrected chi connectivity index (χ2v) is 9.33. The zero-order valence-corrected chi connectivity index (χ0v) is 18.4. The van der Waals surface area contributed by atoms with E-state index in [2.05, 4.69) is 10.0 Å². The standard InChI is InChI=1S/C24H23N3O4S/c1-17-7-13-22(14-8-17)32(30,31)26-20-5-2-4-18(16-20)24(29)25-19-9-11-21(12-10-19)27-15-3-6-23(27)28/h2,4-5,7-14,16,26H,3,6,15H2,1H3,(H,25,29). The van der Waals surface area contributed by atoms with E-state index in [0.29, 0.717) is 29.9 Å². The lowest BCUT2D eigenvalue weighted by Gasteiger charge is -2.16. The monoisotopic (exact) mass is 449 g/mol. The van der Waals surface area contributed by atoms with Crippen molar-refractivity contribution in [2.45, 2.75) is 24.7 Å². The Morgan fingerprint density at radius 1 is 0.938 bits per heavy atom. The van der Waals surface area contributed by atoms with Gasteiger partial charge in [-0.15, -0.1) is 0 Å². The van der Waals surface area contributed by atoms with Crippen LogP contribution >= 0.6 is 0 Å². The third-order valence-corrected chi connectivity index (χ3v) is 6.62. The van der Waals surface area contributed by atoms with E-state index in [1.807, 2.05) is 6.92 Å². The van der Waals surface area contributed by atoms with Gasteiger partial charge in [0, 0.05) is 35.6 Å². The van der Waals surface area contributed by atoms with Crippen LogP contribution in [0.4, 0.5) is 17.1 Å². The van der Waals surface area contributed by atoms with Crippen molar-refractivity contribution in [3.8, 4) is 0 Å². The van der Waals surface area contributed by atoms with Crippen molar-refractivity contribution in [3.05, 3.63) is 83.9 Å². The molecule has 0 bridgehead atoms. The first-order valence-corrected chi connectivity index (χ1v) is 11.7. The molecule has 1 aliphatic rings. The molecule has 32 heavy (non-hydrogen) atoms. The predicted octanol–water partition coefficient (Wildman–Crippen LogP) is 4.17. The number of carbonyl (C=O) groups is 2. The van der Waals surface area contributed by atoms with Crippen LogP contribution in [0.25, 0.3) is 0 Å². The number of amides is 2. The first-order chi connectivity index (χ1) is 15.3. The number of nitrogens with zero attached hydrogens (tertiary/aromatic N) is 1. The average molecular weight is 450 g/mol. The maximum absolute atomic E-state index is 12.7. The quantitative estimate of drug-likeness (QED) is 0.590. The predicted molar refractivity (Wildman–Crippen MR) is 124 cm³/mol. The molecule has 1 fully saturated rings. The number of benzene rings is 3. The lowest BCUT2D eigenvalue weighted by molar-refractivity contribution is -0.117. The number of hydrogen-bond donors (Lipinski definition) is 2. The molecule has 0 aliphatic carbocycles. The van der Waals surface area contributed by atoms with E-state index in [1.54, 1.807) is 59.5 Å². The molecule has 3 aromatic rings. The van der Waals surface area contributed by atoms with Crippen LogP contribution in [0.1, 0.15) is 28.8 Å². The Kier molecular flexibility index (Phi) is 5.96. The average Bonchev–Trinajstić information content (AvgIpc) is 3.20. The molecule has 7 nitrogen and oxygen atoms in total. The highest BCUT2D eigenvalue weighted by Crippen LogP contribution is 2.24. The van der Waals surface area contributed by atoms with Crippen LogP contribution in [-0.4, -0.2) is 26.8 Å². The summed E-state index contributed by atoms with van der Waals surface area (Å²) >= 11 is 0. The molecule has 3 aromatic carbocycles. The van der Waals surface area contributed by atoms with Gasteiger partial charge < -0.3 is 10.2 Å². The summed E-state index contributed by atoms with van der Waals surface area (Å²) in [7, 11) is -3.76. The van der Waals surface area contributed by atoms with E-state index in [1.165, 1.54) is 18.2 Å². The molecule has 0 radical (unpaired) electrons. The summed E-state index contributed by atoms with van der Waals surface area (Å²) < 4.78 is 27.7. The van der Waals surface area contributed by atoms with Crippen LogP contribution in [0.3, 0.4) is 0 Å². The molecule has 0 unspecified atom stereocenters. The number of nitrogens with one attached hydrogen (secondary N) is 2. The summed E-state index contributed by atoms with van der Waals surface area (Å²) in [6.07, 6.45) is 1.41. The normalized spacial score (nSPS) is 13.8. The van der Waals surface area contributed by atoms with Gasteiger partial charge in [-0.05, 0) is 67.9 Å². The van der Waals surface area contributed by atoms with E-state index in [9.17, 15) is 18.0 Å². The van der Waals surface area contributed by atoms with Gasteiger partial charge in [0.25, 0.3) is 15.9 Å². The molecule has 2 amide bonds. The Balaban J connectivity index is 1.45. The highest BCUT2D eigenvalue weighted by molar-refractivity contribution is 7.92. The van der Waals surface area contributed by atoms with Gasteiger partial charge in [0.15, 0.2) is 0 Å². The molecular formula is C24H23N3O4S. The topological polar surface area (TPSA) is 95.6 Å². The minimum Gasteiger partial charge on any atom is -0.322 e. The molecule has 0 saturated carbocycles. The van der Waals surface area contributed by atoms with Crippen molar-refractivity contribution in [1.82, 2.24) is 0 Å². The van der Waals surface area contributed by atoms with Crippen LogP contribution in [-0.2, 0) is 14.8 Å². The lowest BCUT2D eigenvalue weighted by atomic mass is 10.2. The Labute approximate surface area is 187 Å². The van der Waals surface area contributed by atoms with E-state index >= 15 is 0 Å². The van der Waals surface area contributed by atoms with Crippen molar-refractivity contribution in [2.75, 3.05) is 21.5 Å². The van der Waals surface area contributed by atoms with Crippen LogP contribution in [0.2, 0.25) is 0 Å². The van der Waals surface area contributed by atoms with Crippen LogP contribution < -0.4 is 14.9 Å². The zero-order chi connectivity index (χ0) is 22.7. The van der Waals surface area contributed by atoms with Crippen molar-refractivity contribution in [2.24, 2.45) is 0 Å². The molecule has 4 rings (SSSR count). The van der Waals surface area contributed by atoms with Gasteiger partial charge >= 0.3 is 0 Å². The second kappa shape index (κ2) is 8.84. The highest BCUT2D eigenvalue weighted by Gasteiger charge is 2.21. The summed E-state index contributed by atoms with van der Waals surface area (Å²) in [6, 6.07) is 19.9. The fourth-order valence-corrected chi connectivity index (χ4v) is 4.55. The molecule has 164 valence electrons. The summed E-state index contributed by atoms with van der Waals surface area (Å²) in [4.78, 5) is 26.4.